The van der Waals surface area contributed by atoms with Gasteiger partial charge in [0.05, 0.1) is 0 Å². The van der Waals surface area contributed by atoms with Crippen LogP contribution in [0.3, 0.4) is 0 Å². The normalized spacial score (nSPS) is 12.1. The predicted molar refractivity (Wildman–Crippen MR) is 106 cm³/mol. The lowest BCUT2D eigenvalue weighted by atomic mass is 9.86. The molecule has 0 amide bonds. The summed E-state index contributed by atoms with van der Waals surface area (Å²) in [6.45, 7) is 8.40. The number of guanidine groups is 1. The van der Waals surface area contributed by atoms with Crippen LogP contribution in [0.4, 0.5) is 0 Å². The van der Waals surface area contributed by atoms with Gasteiger partial charge in [0.1, 0.15) is 0 Å². The number of hydrogen-bond donors (Lipinski definition) is 2. The van der Waals surface area contributed by atoms with Crippen LogP contribution in [0.5, 0.6) is 0 Å². The highest BCUT2D eigenvalue weighted by atomic mass is 15.2. The molecule has 1 heterocycles. The second-order valence-corrected chi connectivity index (χ2v) is 7.19. The molecule has 0 atom stereocenters. The molecule has 1 aromatic carbocycles. The fraction of sp³-hybridized carbons (Fsp3) is 0.429. The first kappa shape index (κ1) is 19.0. The Morgan fingerprint density at radius 1 is 0.960 bits per heavy atom. The number of aliphatic imine (C=N–C) groups is 1. The summed E-state index contributed by atoms with van der Waals surface area (Å²) in [5, 5.41) is 6.70. The highest BCUT2D eigenvalue weighted by Gasteiger charge is 2.12. The zero-order chi connectivity index (χ0) is 18.1. The molecule has 1 aromatic heterocycles. The second kappa shape index (κ2) is 9.21. The fourth-order valence-corrected chi connectivity index (χ4v) is 2.57. The molecule has 0 saturated carbocycles. The monoisotopic (exact) mass is 338 g/mol. The number of rotatable bonds is 6. The standard InChI is InChI=1S/C21H30N4/c1-21(2,3)18-10-8-17(9-11-18)12-15-24-20(22-4)25-16-13-19-7-5-6-14-23-19/h5-11,14H,12-13,15-16H2,1-4H3,(H2,22,24,25). The van der Waals surface area contributed by atoms with Gasteiger partial charge in [0, 0.05) is 38.4 Å². The number of nitrogens with zero attached hydrogens (tertiary/aromatic N) is 2. The molecule has 0 saturated heterocycles. The molecule has 4 heteroatoms. The molecule has 0 bridgehead atoms. The average Bonchev–Trinajstić information content (AvgIpc) is 2.61. The van der Waals surface area contributed by atoms with Crippen molar-refractivity contribution in [1.29, 1.82) is 0 Å². The Hall–Kier alpha value is -2.36. The van der Waals surface area contributed by atoms with Crippen molar-refractivity contribution in [1.82, 2.24) is 15.6 Å². The van der Waals surface area contributed by atoms with Gasteiger partial charge in [0.2, 0.25) is 0 Å². The molecular formula is C21H30N4. The van der Waals surface area contributed by atoms with Crippen LogP contribution in [0, 0.1) is 0 Å². The molecule has 2 aromatic rings. The van der Waals surface area contributed by atoms with Gasteiger partial charge in [0.25, 0.3) is 0 Å². The maximum Gasteiger partial charge on any atom is 0.190 e. The van der Waals surface area contributed by atoms with Crippen LogP contribution in [0.15, 0.2) is 53.7 Å². The Bertz CT molecular complexity index is 655. The Morgan fingerprint density at radius 3 is 2.20 bits per heavy atom. The topological polar surface area (TPSA) is 49.3 Å². The summed E-state index contributed by atoms with van der Waals surface area (Å²) < 4.78 is 0. The maximum absolute atomic E-state index is 4.33. The van der Waals surface area contributed by atoms with Crippen molar-refractivity contribution >= 4 is 5.96 Å². The van der Waals surface area contributed by atoms with Gasteiger partial charge >= 0.3 is 0 Å². The molecule has 25 heavy (non-hydrogen) atoms. The van der Waals surface area contributed by atoms with Crippen LogP contribution in [-0.4, -0.2) is 31.1 Å². The van der Waals surface area contributed by atoms with E-state index in [4.69, 9.17) is 0 Å². The first-order valence-corrected chi connectivity index (χ1v) is 8.93. The molecule has 0 aliphatic rings. The Labute approximate surface area is 151 Å². The summed E-state index contributed by atoms with van der Waals surface area (Å²) in [6, 6.07) is 14.9. The molecule has 0 aliphatic carbocycles. The zero-order valence-electron chi connectivity index (χ0n) is 15.8. The predicted octanol–water partition coefficient (Wildman–Crippen LogP) is 3.33. The number of nitrogens with one attached hydrogen (secondary N) is 2. The van der Waals surface area contributed by atoms with E-state index in [1.165, 1.54) is 11.1 Å². The molecule has 0 spiro atoms. The summed E-state index contributed by atoms with van der Waals surface area (Å²) in [5.41, 5.74) is 4.00. The molecule has 2 rings (SSSR count). The first-order valence-electron chi connectivity index (χ1n) is 8.93. The molecule has 0 fully saturated rings. The molecule has 134 valence electrons. The van der Waals surface area contributed by atoms with Crippen LogP contribution in [-0.2, 0) is 18.3 Å². The van der Waals surface area contributed by atoms with Crippen molar-refractivity contribution in [2.24, 2.45) is 4.99 Å². The van der Waals surface area contributed by atoms with Gasteiger partial charge in [-0.3, -0.25) is 9.98 Å². The van der Waals surface area contributed by atoms with Gasteiger partial charge < -0.3 is 10.6 Å². The second-order valence-electron chi connectivity index (χ2n) is 7.19. The van der Waals surface area contributed by atoms with E-state index >= 15 is 0 Å². The number of aromatic nitrogens is 1. The van der Waals surface area contributed by atoms with E-state index in [1.54, 1.807) is 7.05 Å². The molecule has 0 radical (unpaired) electrons. The van der Waals surface area contributed by atoms with Gasteiger partial charge in [-0.15, -0.1) is 0 Å². The van der Waals surface area contributed by atoms with E-state index in [0.717, 1.165) is 37.6 Å². The van der Waals surface area contributed by atoms with Crippen LogP contribution >= 0.6 is 0 Å². The van der Waals surface area contributed by atoms with Crippen LogP contribution < -0.4 is 10.6 Å². The van der Waals surface area contributed by atoms with Crippen LogP contribution in [0.2, 0.25) is 0 Å². The minimum Gasteiger partial charge on any atom is -0.356 e. The van der Waals surface area contributed by atoms with Crippen molar-refractivity contribution in [2.75, 3.05) is 20.1 Å². The number of pyridine rings is 1. The molecule has 0 aliphatic heterocycles. The lowest BCUT2D eigenvalue weighted by Gasteiger charge is -2.19. The SMILES string of the molecule is CN=C(NCCc1ccc(C(C)(C)C)cc1)NCCc1ccccn1. The smallest absolute Gasteiger partial charge is 0.190 e. The Morgan fingerprint density at radius 2 is 1.64 bits per heavy atom. The zero-order valence-corrected chi connectivity index (χ0v) is 15.8. The number of hydrogen-bond acceptors (Lipinski definition) is 2. The minimum absolute atomic E-state index is 0.205. The van der Waals surface area contributed by atoms with Gasteiger partial charge in [-0.25, -0.2) is 0 Å². The number of benzene rings is 1. The third-order valence-electron chi connectivity index (χ3n) is 4.15. The first-order chi connectivity index (χ1) is 12.0. The van der Waals surface area contributed by atoms with Crippen molar-refractivity contribution in [2.45, 2.75) is 39.0 Å². The van der Waals surface area contributed by atoms with E-state index < -0.39 is 0 Å². The lowest BCUT2D eigenvalue weighted by molar-refractivity contribution is 0.590. The molecule has 0 unspecified atom stereocenters. The van der Waals surface area contributed by atoms with Gasteiger partial charge in [-0.1, -0.05) is 51.1 Å². The van der Waals surface area contributed by atoms with Crippen molar-refractivity contribution in [3.63, 3.8) is 0 Å². The highest BCUT2D eigenvalue weighted by molar-refractivity contribution is 5.79. The van der Waals surface area contributed by atoms with Gasteiger partial charge in [-0.05, 0) is 35.1 Å². The van der Waals surface area contributed by atoms with Gasteiger partial charge in [0.15, 0.2) is 5.96 Å². The van der Waals surface area contributed by atoms with E-state index in [2.05, 4.69) is 65.6 Å². The van der Waals surface area contributed by atoms with Crippen molar-refractivity contribution in [3.8, 4) is 0 Å². The summed E-state index contributed by atoms with van der Waals surface area (Å²) in [7, 11) is 1.80. The largest absolute Gasteiger partial charge is 0.356 e. The summed E-state index contributed by atoms with van der Waals surface area (Å²) in [5.74, 6) is 0.835. The average molecular weight is 338 g/mol. The van der Waals surface area contributed by atoms with Crippen molar-refractivity contribution < 1.29 is 0 Å². The molecular weight excluding hydrogens is 308 g/mol. The minimum atomic E-state index is 0.205. The Balaban J connectivity index is 1.72. The van der Waals surface area contributed by atoms with Crippen LogP contribution in [0.1, 0.15) is 37.6 Å². The highest BCUT2D eigenvalue weighted by Crippen LogP contribution is 2.22. The summed E-state index contributed by atoms with van der Waals surface area (Å²) in [4.78, 5) is 8.60. The van der Waals surface area contributed by atoms with E-state index in [-0.39, 0.29) is 5.41 Å². The third kappa shape index (κ3) is 6.57. The molecule has 4 nitrogen and oxygen atoms in total. The molecule has 2 N–H and O–H groups in total. The maximum atomic E-state index is 4.33. The third-order valence-corrected chi connectivity index (χ3v) is 4.15. The van der Waals surface area contributed by atoms with Crippen LogP contribution in [0.25, 0.3) is 0 Å². The van der Waals surface area contributed by atoms with Crippen molar-refractivity contribution in [3.05, 3.63) is 65.5 Å². The fourth-order valence-electron chi connectivity index (χ4n) is 2.57. The lowest BCUT2D eigenvalue weighted by Crippen LogP contribution is -2.39. The van der Waals surface area contributed by atoms with E-state index in [9.17, 15) is 0 Å². The van der Waals surface area contributed by atoms with Gasteiger partial charge in [-0.2, -0.15) is 0 Å². The Kier molecular flexibility index (Phi) is 6.99. The van der Waals surface area contributed by atoms with E-state index in [0.29, 0.717) is 0 Å². The summed E-state index contributed by atoms with van der Waals surface area (Å²) in [6.07, 6.45) is 3.69. The quantitative estimate of drug-likeness (QED) is 0.627. The van der Waals surface area contributed by atoms with E-state index in [1.807, 2.05) is 24.4 Å². The summed E-state index contributed by atoms with van der Waals surface area (Å²) >= 11 is 0.